The largest absolute Gasteiger partial charge is 0.368 e. The van der Waals surface area contributed by atoms with Crippen LogP contribution in [0.1, 0.15) is 0 Å². The first-order valence-corrected chi connectivity index (χ1v) is 9.97. The molecule has 0 N–H and O–H groups in total. The number of anilines is 1. The molecule has 0 saturated carbocycles. The molecule has 1 heterocycles. The van der Waals surface area contributed by atoms with E-state index < -0.39 is 0 Å². The van der Waals surface area contributed by atoms with Crippen molar-refractivity contribution in [3.63, 3.8) is 0 Å². The zero-order valence-corrected chi connectivity index (χ0v) is 15.5. The highest BCUT2D eigenvalue weighted by atomic mass is 32.2. The number of thioether (sulfide) groups is 1. The van der Waals surface area contributed by atoms with E-state index in [4.69, 9.17) is 0 Å². The number of rotatable bonds is 4. The Balaban J connectivity index is 1.31. The Hall–Kier alpha value is -2.46. The van der Waals surface area contributed by atoms with Crippen molar-refractivity contribution in [2.75, 3.05) is 36.8 Å². The molecular formula is C22H22N2OS. The lowest BCUT2D eigenvalue weighted by Crippen LogP contribution is -2.49. The van der Waals surface area contributed by atoms with Crippen LogP contribution in [-0.4, -0.2) is 42.7 Å². The number of piperazine rings is 1. The Morgan fingerprint density at radius 1 is 0.808 bits per heavy atom. The van der Waals surface area contributed by atoms with Gasteiger partial charge in [0.25, 0.3) is 0 Å². The van der Waals surface area contributed by atoms with E-state index in [1.807, 2.05) is 23.1 Å². The molecule has 0 aromatic heterocycles. The number of para-hydroxylation sites is 1. The van der Waals surface area contributed by atoms with E-state index in [0.29, 0.717) is 5.75 Å². The zero-order chi connectivity index (χ0) is 17.8. The summed E-state index contributed by atoms with van der Waals surface area (Å²) < 4.78 is 0. The molecule has 3 aromatic rings. The molecule has 0 spiro atoms. The highest BCUT2D eigenvalue weighted by Gasteiger charge is 2.21. The monoisotopic (exact) mass is 362 g/mol. The van der Waals surface area contributed by atoms with Crippen molar-refractivity contribution in [1.82, 2.24) is 4.90 Å². The Labute approximate surface area is 158 Å². The Morgan fingerprint density at radius 3 is 2.27 bits per heavy atom. The Kier molecular flexibility index (Phi) is 5.12. The predicted molar refractivity (Wildman–Crippen MR) is 110 cm³/mol. The van der Waals surface area contributed by atoms with Crippen molar-refractivity contribution in [3.8, 4) is 0 Å². The van der Waals surface area contributed by atoms with E-state index in [1.165, 1.54) is 16.5 Å². The summed E-state index contributed by atoms with van der Waals surface area (Å²) in [6.07, 6.45) is 0. The van der Waals surface area contributed by atoms with E-state index in [1.54, 1.807) is 11.8 Å². The maximum atomic E-state index is 12.6. The first-order chi connectivity index (χ1) is 12.8. The molecule has 4 heteroatoms. The van der Waals surface area contributed by atoms with Gasteiger partial charge in [0.1, 0.15) is 0 Å². The number of carbonyl (C=O) groups excluding carboxylic acids is 1. The summed E-state index contributed by atoms with van der Waals surface area (Å²) in [4.78, 5) is 18.1. The van der Waals surface area contributed by atoms with Crippen LogP contribution in [0.2, 0.25) is 0 Å². The molecule has 26 heavy (non-hydrogen) atoms. The van der Waals surface area contributed by atoms with Gasteiger partial charge < -0.3 is 9.80 Å². The topological polar surface area (TPSA) is 23.6 Å². The molecule has 1 aliphatic heterocycles. The Bertz CT molecular complexity index is 889. The first-order valence-electron chi connectivity index (χ1n) is 8.99. The van der Waals surface area contributed by atoms with Gasteiger partial charge in [-0.15, -0.1) is 11.8 Å². The van der Waals surface area contributed by atoms with Gasteiger partial charge in [-0.2, -0.15) is 0 Å². The van der Waals surface area contributed by atoms with Crippen LogP contribution in [0, 0.1) is 0 Å². The van der Waals surface area contributed by atoms with Crippen LogP contribution in [-0.2, 0) is 4.79 Å². The summed E-state index contributed by atoms with van der Waals surface area (Å²) in [5.41, 5.74) is 1.24. The van der Waals surface area contributed by atoms with E-state index in [-0.39, 0.29) is 5.91 Å². The molecule has 4 rings (SSSR count). The van der Waals surface area contributed by atoms with Crippen molar-refractivity contribution in [2.45, 2.75) is 4.90 Å². The normalized spacial score (nSPS) is 14.6. The zero-order valence-electron chi connectivity index (χ0n) is 14.7. The van der Waals surface area contributed by atoms with Gasteiger partial charge in [-0.1, -0.05) is 48.5 Å². The van der Waals surface area contributed by atoms with E-state index >= 15 is 0 Å². The van der Waals surface area contributed by atoms with E-state index in [9.17, 15) is 4.79 Å². The van der Waals surface area contributed by atoms with Crippen molar-refractivity contribution in [1.29, 1.82) is 0 Å². The number of carbonyl (C=O) groups is 1. The maximum Gasteiger partial charge on any atom is 0.233 e. The molecule has 0 aliphatic carbocycles. The lowest BCUT2D eigenvalue weighted by molar-refractivity contribution is -0.128. The minimum atomic E-state index is 0.232. The van der Waals surface area contributed by atoms with Crippen molar-refractivity contribution in [3.05, 3.63) is 72.8 Å². The molecule has 0 bridgehead atoms. The van der Waals surface area contributed by atoms with Gasteiger partial charge in [-0.25, -0.2) is 0 Å². The standard InChI is InChI=1S/C22H22N2OS/c25-22(17-26-21-11-10-18-6-4-5-7-19(18)16-21)24-14-12-23(13-15-24)20-8-2-1-3-9-20/h1-11,16H,12-15,17H2. The van der Waals surface area contributed by atoms with Crippen LogP contribution in [0.3, 0.4) is 0 Å². The summed E-state index contributed by atoms with van der Waals surface area (Å²) in [6, 6.07) is 25.1. The fraction of sp³-hybridized carbons (Fsp3) is 0.227. The number of benzene rings is 3. The third kappa shape index (κ3) is 3.86. The quantitative estimate of drug-likeness (QED) is 0.647. The number of hydrogen-bond acceptors (Lipinski definition) is 3. The third-order valence-electron chi connectivity index (χ3n) is 4.84. The predicted octanol–water partition coefficient (Wildman–Crippen LogP) is 4.28. The molecule has 3 aromatic carbocycles. The molecule has 0 atom stereocenters. The molecule has 1 aliphatic rings. The summed E-state index contributed by atoms with van der Waals surface area (Å²) in [7, 11) is 0. The van der Waals surface area contributed by atoms with Gasteiger partial charge in [0, 0.05) is 36.8 Å². The molecular weight excluding hydrogens is 340 g/mol. The van der Waals surface area contributed by atoms with Crippen molar-refractivity contribution >= 4 is 34.1 Å². The lowest BCUT2D eigenvalue weighted by atomic mass is 10.1. The van der Waals surface area contributed by atoms with Crippen LogP contribution in [0.4, 0.5) is 5.69 Å². The first kappa shape index (κ1) is 17.0. The number of nitrogens with zero attached hydrogens (tertiary/aromatic N) is 2. The summed E-state index contributed by atoms with van der Waals surface area (Å²) >= 11 is 1.63. The summed E-state index contributed by atoms with van der Waals surface area (Å²) in [5.74, 6) is 0.736. The lowest BCUT2D eigenvalue weighted by Gasteiger charge is -2.36. The summed E-state index contributed by atoms with van der Waals surface area (Å²) in [6.45, 7) is 3.39. The molecule has 0 unspecified atom stereocenters. The third-order valence-corrected chi connectivity index (χ3v) is 5.82. The van der Waals surface area contributed by atoms with E-state index in [2.05, 4.69) is 59.5 Å². The maximum absolute atomic E-state index is 12.6. The van der Waals surface area contributed by atoms with Gasteiger partial charge in [-0.05, 0) is 35.0 Å². The van der Waals surface area contributed by atoms with Crippen LogP contribution in [0.15, 0.2) is 77.7 Å². The van der Waals surface area contributed by atoms with Crippen LogP contribution in [0.25, 0.3) is 10.8 Å². The second kappa shape index (κ2) is 7.83. The van der Waals surface area contributed by atoms with Gasteiger partial charge in [-0.3, -0.25) is 4.79 Å². The number of hydrogen-bond donors (Lipinski definition) is 0. The molecule has 1 fully saturated rings. The second-order valence-electron chi connectivity index (χ2n) is 6.50. The molecule has 1 amide bonds. The smallest absolute Gasteiger partial charge is 0.233 e. The van der Waals surface area contributed by atoms with Gasteiger partial charge in [0.15, 0.2) is 0 Å². The van der Waals surface area contributed by atoms with Gasteiger partial charge >= 0.3 is 0 Å². The fourth-order valence-electron chi connectivity index (χ4n) is 3.35. The molecule has 1 saturated heterocycles. The minimum absolute atomic E-state index is 0.232. The van der Waals surface area contributed by atoms with Crippen LogP contribution in [0.5, 0.6) is 0 Å². The second-order valence-corrected chi connectivity index (χ2v) is 7.55. The highest BCUT2D eigenvalue weighted by Crippen LogP contribution is 2.24. The van der Waals surface area contributed by atoms with Crippen LogP contribution < -0.4 is 4.90 Å². The Morgan fingerprint density at radius 2 is 1.50 bits per heavy atom. The fourth-order valence-corrected chi connectivity index (χ4v) is 4.19. The van der Waals surface area contributed by atoms with Crippen molar-refractivity contribution in [2.24, 2.45) is 0 Å². The highest BCUT2D eigenvalue weighted by molar-refractivity contribution is 8.00. The van der Waals surface area contributed by atoms with Crippen molar-refractivity contribution < 1.29 is 4.79 Å². The van der Waals surface area contributed by atoms with Crippen LogP contribution >= 0.6 is 11.8 Å². The minimum Gasteiger partial charge on any atom is -0.368 e. The number of fused-ring (bicyclic) bond motifs is 1. The van der Waals surface area contributed by atoms with Gasteiger partial charge in [0.2, 0.25) is 5.91 Å². The summed E-state index contributed by atoms with van der Waals surface area (Å²) in [5, 5.41) is 2.46. The SMILES string of the molecule is O=C(CSc1ccc2ccccc2c1)N1CCN(c2ccccc2)CC1. The number of amides is 1. The van der Waals surface area contributed by atoms with E-state index in [0.717, 1.165) is 31.1 Å². The molecule has 0 radical (unpaired) electrons. The van der Waals surface area contributed by atoms with Gasteiger partial charge in [0.05, 0.1) is 5.75 Å². The molecule has 132 valence electrons. The average Bonchev–Trinajstić information content (AvgIpc) is 2.72. The average molecular weight is 362 g/mol. The molecule has 3 nitrogen and oxygen atoms in total.